The first-order valence-electron chi connectivity index (χ1n) is 13.2. The number of aromatic nitrogens is 3. The molecule has 0 saturated carbocycles. The number of thiazole rings is 1. The summed E-state index contributed by atoms with van der Waals surface area (Å²) in [6.45, 7) is 7.60. The van der Waals surface area contributed by atoms with Gasteiger partial charge in [-0.1, -0.05) is 0 Å². The van der Waals surface area contributed by atoms with Gasteiger partial charge in [-0.3, -0.25) is 10.1 Å². The SMILES string of the molecule is Cc1nc2cc(NC(=O)Oc3ccc4nc(-c5c(C)cc(OCC(=O)N6CCCC6)cc5C)[nH]c4c3)ccc2s1. The zero-order valence-electron chi connectivity index (χ0n) is 22.5. The Morgan fingerprint density at radius 3 is 2.50 bits per heavy atom. The molecule has 2 aromatic heterocycles. The van der Waals surface area contributed by atoms with Crippen molar-refractivity contribution in [1.29, 1.82) is 0 Å². The molecule has 2 amide bonds. The van der Waals surface area contributed by atoms with Gasteiger partial charge in [0.05, 0.1) is 26.3 Å². The molecule has 0 radical (unpaired) electrons. The first kappa shape index (κ1) is 25.8. The third kappa shape index (κ3) is 5.35. The van der Waals surface area contributed by atoms with E-state index in [1.165, 1.54) is 0 Å². The number of hydrogen-bond acceptors (Lipinski definition) is 7. The van der Waals surface area contributed by atoms with Crippen LogP contribution in [0.4, 0.5) is 10.5 Å². The molecular formula is C30H29N5O4S. The van der Waals surface area contributed by atoms with Crippen LogP contribution in [0.15, 0.2) is 48.5 Å². The number of imidazole rings is 1. The number of likely N-dealkylation sites (tertiary alicyclic amines) is 1. The minimum absolute atomic E-state index is 0.0245. The molecule has 1 saturated heterocycles. The second kappa shape index (κ2) is 10.6. The minimum Gasteiger partial charge on any atom is -0.484 e. The molecule has 6 rings (SSSR count). The lowest BCUT2D eigenvalue weighted by atomic mass is 10.0. The Morgan fingerprint density at radius 2 is 1.73 bits per heavy atom. The van der Waals surface area contributed by atoms with Gasteiger partial charge in [-0.25, -0.2) is 14.8 Å². The number of ether oxygens (including phenoxy) is 2. The average Bonchev–Trinajstić information content (AvgIpc) is 3.66. The second-order valence-corrected chi connectivity index (χ2v) is 11.2. The van der Waals surface area contributed by atoms with E-state index in [1.54, 1.807) is 23.5 Å². The van der Waals surface area contributed by atoms with Gasteiger partial charge in [0.15, 0.2) is 6.61 Å². The first-order valence-corrected chi connectivity index (χ1v) is 14.0. The quantitative estimate of drug-likeness (QED) is 0.252. The number of benzene rings is 3. The van der Waals surface area contributed by atoms with Crippen molar-refractivity contribution in [3.05, 3.63) is 64.7 Å². The molecule has 0 atom stereocenters. The Hall–Kier alpha value is -4.44. The van der Waals surface area contributed by atoms with Gasteiger partial charge >= 0.3 is 6.09 Å². The molecule has 2 N–H and O–H groups in total. The number of aromatic amines is 1. The van der Waals surface area contributed by atoms with Gasteiger partial charge in [-0.15, -0.1) is 11.3 Å². The molecule has 5 aromatic rings. The molecule has 0 unspecified atom stereocenters. The van der Waals surface area contributed by atoms with Gasteiger partial charge in [0.25, 0.3) is 5.91 Å². The standard InChI is InChI=1S/C30H29N5O4S/c1-17-12-22(38-16-27(36)35-10-4-5-11-35)13-18(2)28(17)29-33-23-8-7-21(15-24(23)34-29)39-30(37)32-20-6-9-26-25(14-20)31-19(3)40-26/h6-9,12-15H,4-5,10-11,16H2,1-3H3,(H,32,37)(H,33,34). The van der Waals surface area contributed by atoms with Crippen molar-refractivity contribution in [3.8, 4) is 22.9 Å². The maximum atomic E-state index is 12.6. The van der Waals surface area contributed by atoms with Gasteiger partial charge in [0.2, 0.25) is 0 Å². The van der Waals surface area contributed by atoms with Crippen molar-refractivity contribution < 1.29 is 19.1 Å². The van der Waals surface area contributed by atoms with Gasteiger partial charge in [-0.2, -0.15) is 0 Å². The van der Waals surface area contributed by atoms with Crippen molar-refractivity contribution >= 4 is 50.3 Å². The lowest BCUT2D eigenvalue weighted by Crippen LogP contribution is -2.32. The third-order valence-electron chi connectivity index (χ3n) is 6.97. The van der Waals surface area contributed by atoms with Crippen LogP contribution in [0, 0.1) is 20.8 Å². The van der Waals surface area contributed by atoms with E-state index in [9.17, 15) is 9.59 Å². The maximum Gasteiger partial charge on any atom is 0.417 e. The summed E-state index contributed by atoms with van der Waals surface area (Å²) in [6.07, 6.45) is 1.53. The highest BCUT2D eigenvalue weighted by Gasteiger charge is 2.19. The van der Waals surface area contributed by atoms with Crippen LogP contribution >= 0.6 is 11.3 Å². The Bertz CT molecular complexity index is 1730. The Morgan fingerprint density at radius 1 is 0.950 bits per heavy atom. The molecule has 1 aliphatic rings. The summed E-state index contributed by atoms with van der Waals surface area (Å²) >= 11 is 1.61. The van der Waals surface area contributed by atoms with Crippen LogP contribution in [0.3, 0.4) is 0 Å². The van der Waals surface area contributed by atoms with Crippen LogP contribution in [0.25, 0.3) is 32.6 Å². The summed E-state index contributed by atoms with van der Waals surface area (Å²) in [5, 5.41) is 3.74. The normalized spacial score (nSPS) is 13.2. The first-order chi connectivity index (χ1) is 19.3. The van der Waals surface area contributed by atoms with E-state index in [0.717, 1.165) is 68.9 Å². The van der Waals surface area contributed by atoms with E-state index >= 15 is 0 Å². The summed E-state index contributed by atoms with van der Waals surface area (Å²) in [5.41, 5.74) is 5.87. The van der Waals surface area contributed by atoms with Crippen LogP contribution in [-0.2, 0) is 4.79 Å². The highest BCUT2D eigenvalue weighted by atomic mass is 32.1. The van der Waals surface area contributed by atoms with E-state index in [4.69, 9.17) is 14.5 Å². The predicted molar refractivity (Wildman–Crippen MR) is 156 cm³/mol. The van der Waals surface area contributed by atoms with Crippen molar-refractivity contribution in [2.75, 3.05) is 25.0 Å². The number of carbonyl (C=O) groups is 2. The third-order valence-corrected chi connectivity index (χ3v) is 7.92. The number of anilines is 1. The van der Waals surface area contributed by atoms with Crippen LogP contribution in [0.2, 0.25) is 0 Å². The summed E-state index contributed by atoms with van der Waals surface area (Å²) in [7, 11) is 0. The van der Waals surface area contributed by atoms with E-state index < -0.39 is 6.09 Å². The van der Waals surface area contributed by atoms with E-state index in [2.05, 4.69) is 15.3 Å². The molecule has 3 heterocycles. The molecular weight excluding hydrogens is 526 g/mol. The number of amides is 2. The number of rotatable bonds is 6. The lowest BCUT2D eigenvalue weighted by molar-refractivity contribution is -0.132. The van der Waals surface area contributed by atoms with Crippen LogP contribution in [0.5, 0.6) is 11.5 Å². The highest BCUT2D eigenvalue weighted by molar-refractivity contribution is 7.18. The molecule has 3 aromatic carbocycles. The molecule has 0 aliphatic carbocycles. The van der Waals surface area contributed by atoms with Gasteiger partial charge in [0, 0.05) is 30.4 Å². The Labute approximate surface area is 235 Å². The number of H-pyrrole nitrogens is 1. The van der Waals surface area contributed by atoms with Crippen molar-refractivity contribution in [2.24, 2.45) is 0 Å². The molecule has 204 valence electrons. The smallest absolute Gasteiger partial charge is 0.417 e. The molecule has 10 heteroatoms. The zero-order valence-corrected chi connectivity index (χ0v) is 23.4. The molecule has 9 nitrogen and oxygen atoms in total. The molecule has 0 bridgehead atoms. The largest absolute Gasteiger partial charge is 0.484 e. The lowest BCUT2D eigenvalue weighted by Gasteiger charge is -2.16. The highest BCUT2D eigenvalue weighted by Crippen LogP contribution is 2.32. The Balaban J connectivity index is 1.15. The fourth-order valence-corrected chi connectivity index (χ4v) is 5.93. The summed E-state index contributed by atoms with van der Waals surface area (Å²) in [6, 6.07) is 14.7. The summed E-state index contributed by atoms with van der Waals surface area (Å²) < 4.78 is 12.4. The molecule has 1 aliphatic heterocycles. The van der Waals surface area contributed by atoms with E-state index in [1.807, 2.05) is 62.1 Å². The van der Waals surface area contributed by atoms with E-state index in [0.29, 0.717) is 23.0 Å². The van der Waals surface area contributed by atoms with Crippen molar-refractivity contribution in [1.82, 2.24) is 19.9 Å². The summed E-state index contributed by atoms with van der Waals surface area (Å²) in [5.74, 6) is 1.79. The fourth-order valence-electron chi connectivity index (χ4n) is 5.12. The van der Waals surface area contributed by atoms with E-state index in [-0.39, 0.29) is 12.5 Å². The van der Waals surface area contributed by atoms with Crippen LogP contribution < -0.4 is 14.8 Å². The number of nitrogens with zero attached hydrogens (tertiary/aromatic N) is 3. The number of aryl methyl sites for hydroxylation is 3. The second-order valence-electron chi connectivity index (χ2n) is 10.0. The Kier molecular flexibility index (Phi) is 6.85. The molecule has 0 spiro atoms. The number of hydrogen-bond donors (Lipinski definition) is 2. The van der Waals surface area contributed by atoms with Crippen molar-refractivity contribution in [2.45, 2.75) is 33.6 Å². The van der Waals surface area contributed by atoms with Gasteiger partial charge < -0.3 is 19.4 Å². The average molecular weight is 556 g/mol. The maximum absolute atomic E-state index is 12.6. The molecule has 1 fully saturated rings. The van der Waals surface area contributed by atoms with Crippen LogP contribution in [-0.4, -0.2) is 51.5 Å². The number of fused-ring (bicyclic) bond motifs is 2. The number of carbonyl (C=O) groups excluding carboxylic acids is 2. The van der Waals surface area contributed by atoms with Crippen molar-refractivity contribution in [3.63, 3.8) is 0 Å². The van der Waals surface area contributed by atoms with Gasteiger partial charge in [-0.05, 0) is 87.2 Å². The van der Waals surface area contributed by atoms with Crippen LogP contribution in [0.1, 0.15) is 29.0 Å². The minimum atomic E-state index is -0.587. The molecule has 40 heavy (non-hydrogen) atoms. The van der Waals surface area contributed by atoms with Gasteiger partial charge in [0.1, 0.15) is 17.3 Å². The summed E-state index contributed by atoms with van der Waals surface area (Å²) in [4.78, 5) is 39.4. The predicted octanol–water partition coefficient (Wildman–Crippen LogP) is 6.38. The topological polar surface area (TPSA) is 109 Å². The zero-order chi connectivity index (χ0) is 27.8. The number of nitrogens with one attached hydrogen (secondary N) is 2. The monoisotopic (exact) mass is 555 g/mol. The fraction of sp³-hybridized carbons (Fsp3) is 0.267.